The van der Waals surface area contributed by atoms with E-state index in [1.54, 1.807) is 12.1 Å². The molecule has 0 saturated heterocycles. The van der Waals surface area contributed by atoms with Crippen molar-refractivity contribution in [1.29, 1.82) is 0 Å². The van der Waals surface area contributed by atoms with Crippen LogP contribution >= 0.6 is 15.9 Å². The summed E-state index contributed by atoms with van der Waals surface area (Å²) >= 11 is 3.32. The van der Waals surface area contributed by atoms with Crippen LogP contribution in [-0.2, 0) is 10.0 Å². The molecule has 124 valence electrons. The summed E-state index contributed by atoms with van der Waals surface area (Å²) in [5.41, 5.74) is 2.10. The molecule has 2 aromatic rings. The molecule has 0 aliphatic heterocycles. The highest BCUT2D eigenvalue weighted by molar-refractivity contribution is 9.10. The van der Waals surface area contributed by atoms with Crippen molar-refractivity contribution in [2.45, 2.75) is 31.2 Å². The average molecular weight is 398 g/mol. The van der Waals surface area contributed by atoms with Gasteiger partial charge in [0, 0.05) is 6.04 Å². The first kappa shape index (κ1) is 18.0. The molecule has 0 unspecified atom stereocenters. The van der Waals surface area contributed by atoms with E-state index in [1.165, 1.54) is 13.2 Å². The Labute approximate surface area is 146 Å². The molecule has 23 heavy (non-hydrogen) atoms. The van der Waals surface area contributed by atoms with Crippen LogP contribution in [0.1, 0.15) is 30.5 Å². The quantitative estimate of drug-likeness (QED) is 0.794. The summed E-state index contributed by atoms with van der Waals surface area (Å²) in [4.78, 5) is 0.204. The monoisotopic (exact) mass is 397 g/mol. The van der Waals surface area contributed by atoms with Gasteiger partial charge in [-0.25, -0.2) is 13.1 Å². The molecule has 0 heterocycles. The van der Waals surface area contributed by atoms with Gasteiger partial charge < -0.3 is 4.74 Å². The standard InChI is InChI=1S/C17H20BrNO3S/c1-4-16(13-7-5-12(2)6-8-13)19-23(20,21)14-9-10-17(22-3)15(18)11-14/h5-11,16,19H,4H2,1-3H3/t16-/m0/s1. The topological polar surface area (TPSA) is 55.4 Å². The van der Waals surface area contributed by atoms with Gasteiger partial charge in [0.05, 0.1) is 16.5 Å². The number of rotatable bonds is 6. The van der Waals surface area contributed by atoms with Gasteiger partial charge in [0.2, 0.25) is 10.0 Å². The highest BCUT2D eigenvalue weighted by atomic mass is 79.9. The second kappa shape index (κ2) is 7.47. The predicted molar refractivity (Wildman–Crippen MR) is 95.2 cm³/mol. The fourth-order valence-corrected chi connectivity index (χ4v) is 4.28. The number of nitrogens with one attached hydrogen (secondary N) is 1. The van der Waals surface area contributed by atoms with Gasteiger partial charge in [-0.3, -0.25) is 0 Å². The number of aryl methyl sites for hydroxylation is 1. The van der Waals surface area contributed by atoms with Gasteiger partial charge in [0.25, 0.3) is 0 Å². The lowest BCUT2D eigenvalue weighted by atomic mass is 10.0. The fraction of sp³-hybridized carbons (Fsp3) is 0.294. The Hall–Kier alpha value is -1.37. The zero-order valence-corrected chi connectivity index (χ0v) is 15.7. The molecule has 0 aromatic heterocycles. The molecule has 4 nitrogen and oxygen atoms in total. The van der Waals surface area contributed by atoms with Crippen molar-refractivity contribution in [2.75, 3.05) is 7.11 Å². The van der Waals surface area contributed by atoms with E-state index in [1.807, 2.05) is 38.1 Å². The van der Waals surface area contributed by atoms with Crippen LogP contribution in [0.25, 0.3) is 0 Å². The molecular formula is C17H20BrNO3S. The summed E-state index contributed by atoms with van der Waals surface area (Å²) in [6.07, 6.45) is 0.666. The molecule has 0 bridgehead atoms. The fourth-order valence-electron chi connectivity index (χ4n) is 2.26. The minimum atomic E-state index is -3.61. The van der Waals surface area contributed by atoms with E-state index in [0.29, 0.717) is 16.6 Å². The van der Waals surface area contributed by atoms with Crippen molar-refractivity contribution in [3.8, 4) is 5.75 Å². The van der Waals surface area contributed by atoms with Gasteiger partial charge in [0.15, 0.2) is 0 Å². The smallest absolute Gasteiger partial charge is 0.241 e. The van der Waals surface area contributed by atoms with E-state index in [9.17, 15) is 8.42 Å². The summed E-state index contributed by atoms with van der Waals surface area (Å²) in [6, 6.07) is 12.3. The minimum Gasteiger partial charge on any atom is -0.496 e. The molecular weight excluding hydrogens is 378 g/mol. The number of hydrogen-bond donors (Lipinski definition) is 1. The van der Waals surface area contributed by atoms with Crippen molar-refractivity contribution in [2.24, 2.45) is 0 Å². The molecule has 6 heteroatoms. The molecule has 1 N–H and O–H groups in total. The number of hydrogen-bond acceptors (Lipinski definition) is 3. The van der Waals surface area contributed by atoms with Crippen molar-refractivity contribution < 1.29 is 13.2 Å². The van der Waals surface area contributed by atoms with E-state index in [4.69, 9.17) is 4.74 Å². The Morgan fingerprint density at radius 1 is 1.17 bits per heavy atom. The molecule has 0 aliphatic rings. The van der Waals surface area contributed by atoms with Crippen LogP contribution in [0.5, 0.6) is 5.75 Å². The Balaban J connectivity index is 2.28. The second-order valence-corrected chi connectivity index (χ2v) is 7.86. The minimum absolute atomic E-state index is 0.204. The average Bonchev–Trinajstić information content (AvgIpc) is 2.53. The second-order valence-electron chi connectivity index (χ2n) is 5.29. The van der Waals surface area contributed by atoms with Crippen LogP contribution in [0.3, 0.4) is 0 Å². The van der Waals surface area contributed by atoms with Crippen molar-refractivity contribution in [3.05, 3.63) is 58.1 Å². The third-order valence-corrected chi connectivity index (χ3v) is 5.71. The Bertz CT molecular complexity index is 773. The van der Waals surface area contributed by atoms with Crippen molar-refractivity contribution in [3.63, 3.8) is 0 Å². The molecule has 1 atom stereocenters. The van der Waals surface area contributed by atoms with Gasteiger partial charge in [-0.2, -0.15) is 0 Å². The molecule has 0 spiro atoms. The first-order valence-electron chi connectivity index (χ1n) is 7.30. The summed E-state index contributed by atoms with van der Waals surface area (Å²) in [7, 11) is -2.07. The van der Waals surface area contributed by atoms with E-state index >= 15 is 0 Å². The van der Waals surface area contributed by atoms with E-state index in [0.717, 1.165) is 11.1 Å². The maximum atomic E-state index is 12.6. The lowest BCUT2D eigenvalue weighted by molar-refractivity contribution is 0.411. The number of halogens is 1. The lowest BCUT2D eigenvalue weighted by Crippen LogP contribution is -2.28. The largest absolute Gasteiger partial charge is 0.496 e. The van der Waals surface area contributed by atoms with Crippen LogP contribution in [0, 0.1) is 6.92 Å². The molecule has 0 aliphatic carbocycles. The van der Waals surface area contributed by atoms with Gasteiger partial charge in [0.1, 0.15) is 5.75 Å². The van der Waals surface area contributed by atoms with Crippen LogP contribution in [0.4, 0.5) is 0 Å². The Morgan fingerprint density at radius 3 is 2.35 bits per heavy atom. The molecule has 2 aromatic carbocycles. The summed E-state index contributed by atoms with van der Waals surface area (Å²) in [5, 5.41) is 0. The van der Waals surface area contributed by atoms with Gasteiger partial charge >= 0.3 is 0 Å². The molecule has 0 radical (unpaired) electrons. The normalized spacial score (nSPS) is 12.9. The van der Waals surface area contributed by atoms with E-state index in [-0.39, 0.29) is 10.9 Å². The highest BCUT2D eigenvalue weighted by Gasteiger charge is 2.21. The lowest BCUT2D eigenvalue weighted by Gasteiger charge is -2.18. The maximum absolute atomic E-state index is 12.6. The number of ether oxygens (including phenoxy) is 1. The third kappa shape index (κ3) is 4.34. The van der Waals surface area contributed by atoms with Gasteiger partial charge in [-0.1, -0.05) is 36.8 Å². The number of methoxy groups -OCH3 is 1. The Kier molecular flexibility index (Phi) is 5.84. The van der Waals surface area contributed by atoms with Crippen LogP contribution in [-0.4, -0.2) is 15.5 Å². The molecule has 0 saturated carbocycles. The van der Waals surface area contributed by atoms with Crippen LogP contribution < -0.4 is 9.46 Å². The zero-order chi connectivity index (χ0) is 17.0. The summed E-state index contributed by atoms with van der Waals surface area (Å²) in [6.45, 7) is 3.96. The Morgan fingerprint density at radius 2 is 1.83 bits per heavy atom. The van der Waals surface area contributed by atoms with Crippen LogP contribution in [0.2, 0.25) is 0 Å². The van der Waals surface area contributed by atoms with Gasteiger partial charge in [-0.15, -0.1) is 0 Å². The summed E-state index contributed by atoms with van der Waals surface area (Å²) in [5.74, 6) is 0.592. The zero-order valence-electron chi connectivity index (χ0n) is 13.3. The van der Waals surface area contributed by atoms with Crippen molar-refractivity contribution >= 4 is 26.0 Å². The molecule has 0 fully saturated rings. The molecule has 0 amide bonds. The number of sulfonamides is 1. The maximum Gasteiger partial charge on any atom is 0.241 e. The number of benzene rings is 2. The van der Waals surface area contributed by atoms with E-state index in [2.05, 4.69) is 20.7 Å². The first-order chi connectivity index (χ1) is 10.9. The highest BCUT2D eigenvalue weighted by Crippen LogP contribution is 2.28. The third-order valence-electron chi connectivity index (χ3n) is 3.62. The van der Waals surface area contributed by atoms with Gasteiger partial charge in [-0.05, 0) is 53.0 Å². The predicted octanol–water partition coefficient (Wildman–Crippen LogP) is 4.20. The first-order valence-corrected chi connectivity index (χ1v) is 9.57. The SMILES string of the molecule is CC[C@H](NS(=O)(=O)c1ccc(OC)c(Br)c1)c1ccc(C)cc1. The van der Waals surface area contributed by atoms with E-state index < -0.39 is 10.0 Å². The summed E-state index contributed by atoms with van der Waals surface area (Å²) < 4.78 is 33.7. The van der Waals surface area contributed by atoms with Crippen LogP contribution in [0.15, 0.2) is 51.8 Å². The molecule has 2 rings (SSSR count). The van der Waals surface area contributed by atoms with Crippen molar-refractivity contribution in [1.82, 2.24) is 4.72 Å².